The second kappa shape index (κ2) is 11.9. The predicted octanol–water partition coefficient (Wildman–Crippen LogP) is 4.82. The van der Waals surface area contributed by atoms with Crippen LogP contribution in [0.2, 0.25) is 0 Å². The van der Waals surface area contributed by atoms with Gasteiger partial charge in [-0.1, -0.05) is 72.8 Å². The molecule has 4 atom stereocenters. The number of aliphatic hydroxyl groups excluding tert-OH is 2. The van der Waals surface area contributed by atoms with Crippen molar-refractivity contribution < 1.29 is 15.0 Å². The fourth-order valence-electron chi connectivity index (χ4n) is 6.39. The Hall–Kier alpha value is -4.99. The maximum Gasteiger partial charge on any atom is 0.321 e. The normalized spacial score (nSPS) is 20.8. The lowest BCUT2D eigenvalue weighted by Crippen LogP contribution is -2.50. The number of amides is 2. The Bertz CT molecular complexity index is 1740. The molecule has 1 aliphatic heterocycles. The number of aromatic amines is 2. The van der Waals surface area contributed by atoms with E-state index in [1.165, 1.54) is 0 Å². The van der Waals surface area contributed by atoms with Gasteiger partial charge in [-0.25, -0.2) is 4.79 Å². The number of urea groups is 1. The van der Waals surface area contributed by atoms with E-state index in [1.807, 2.05) is 97.1 Å². The van der Waals surface area contributed by atoms with E-state index in [1.54, 1.807) is 22.2 Å². The van der Waals surface area contributed by atoms with Gasteiger partial charge >= 0.3 is 6.03 Å². The number of carbonyl (C=O) groups excluding carboxylic acids is 1. The number of hydrogen-bond donors (Lipinski definition) is 4. The van der Waals surface area contributed by atoms with Crippen LogP contribution in [0.3, 0.4) is 0 Å². The van der Waals surface area contributed by atoms with Gasteiger partial charge < -0.3 is 20.0 Å². The molecule has 9 heteroatoms. The molecule has 1 fully saturated rings. The van der Waals surface area contributed by atoms with Crippen LogP contribution in [-0.4, -0.2) is 70.7 Å². The van der Waals surface area contributed by atoms with Gasteiger partial charge in [0, 0.05) is 23.9 Å². The summed E-state index contributed by atoms with van der Waals surface area (Å²) in [4.78, 5) is 18.3. The Balaban J connectivity index is 1.31. The van der Waals surface area contributed by atoms with Crippen LogP contribution >= 0.6 is 0 Å². The predicted molar refractivity (Wildman–Crippen MR) is 169 cm³/mol. The Labute approximate surface area is 254 Å². The van der Waals surface area contributed by atoms with Crippen LogP contribution in [0, 0.1) is 0 Å². The molecule has 44 heavy (non-hydrogen) atoms. The molecule has 1 saturated heterocycles. The topological polar surface area (TPSA) is 121 Å². The highest BCUT2D eigenvalue weighted by Crippen LogP contribution is 2.31. The van der Waals surface area contributed by atoms with Crippen molar-refractivity contribution >= 4 is 27.8 Å². The molecule has 0 saturated carbocycles. The molecule has 0 aliphatic carbocycles. The van der Waals surface area contributed by atoms with Gasteiger partial charge in [0.2, 0.25) is 0 Å². The monoisotopic (exact) mass is 586 g/mol. The molecular weight excluding hydrogens is 552 g/mol. The molecule has 1 aliphatic rings. The van der Waals surface area contributed by atoms with Gasteiger partial charge in [-0.05, 0) is 59.4 Å². The van der Waals surface area contributed by atoms with Crippen molar-refractivity contribution in [2.45, 2.75) is 50.2 Å². The highest BCUT2D eigenvalue weighted by atomic mass is 16.3. The average Bonchev–Trinajstić information content (AvgIpc) is 3.72. The molecule has 4 aromatic carbocycles. The highest BCUT2D eigenvalue weighted by molar-refractivity contribution is 5.80. The van der Waals surface area contributed by atoms with Crippen molar-refractivity contribution in [3.63, 3.8) is 0 Å². The Morgan fingerprint density at radius 3 is 1.45 bits per heavy atom. The van der Waals surface area contributed by atoms with E-state index in [0.717, 1.165) is 44.1 Å². The van der Waals surface area contributed by atoms with Gasteiger partial charge in [0.05, 0.1) is 35.5 Å². The fourth-order valence-corrected chi connectivity index (χ4v) is 6.39. The smallest absolute Gasteiger partial charge is 0.321 e. The molecule has 2 amide bonds. The zero-order valence-electron chi connectivity index (χ0n) is 24.1. The third-order valence-corrected chi connectivity index (χ3v) is 8.72. The van der Waals surface area contributed by atoms with Gasteiger partial charge in [-0.15, -0.1) is 0 Å². The molecule has 0 radical (unpaired) electrons. The zero-order valence-corrected chi connectivity index (χ0v) is 24.1. The van der Waals surface area contributed by atoms with Crippen molar-refractivity contribution in [3.05, 3.63) is 132 Å². The van der Waals surface area contributed by atoms with Crippen molar-refractivity contribution in [1.82, 2.24) is 30.2 Å². The van der Waals surface area contributed by atoms with Crippen LogP contribution in [-0.2, 0) is 25.9 Å². The van der Waals surface area contributed by atoms with Gasteiger partial charge in [0.1, 0.15) is 12.2 Å². The Morgan fingerprint density at radius 1 is 0.591 bits per heavy atom. The van der Waals surface area contributed by atoms with E-state index in [-0.39, 0.29) is 19.1 Å². The van der Waals surface area contributed by atoms with Gasteiger partial charge in [0.25, 0.3) is 0 Å². The molecule has 0 spiro atoms. The molecule has 4 N–H and O–H groups in total. The highest BCUT2D eigenvalue weighted by Gasteiger charge is 2.46. The first-order valence-electron chi connectivity index (χ1n) is 14.9. The number of hydrogen-bond acceptors (Lipinski definition) is 5. The van der Waals surface area contributed by atoms with Crippen LogP contribution in [0.15, 0.2) is 109 Å². The SMILES string of the molecule is O=C1N(Cc2ccc3[nH]ncc3c2)[C@H](Cc2ccccc2)[C@H](O)[C@@H](O)[C@@H](Cc2ccccc2)N1Cc1ccc2[nH]ncc2c1. The number of aromatic nitrogens is 4. The van der Waals surface area contributed by atoms with Crippen LogP contribution in [0.25, 0.3) is 21.8 Å². The number of nitrogens with one attached hydrogen (secondary N) is 2. The lowest BCUT2D eigenvalue weighted by atomic mass is 9.91. The molecule has 7 rings (SSSR count). The number of aliphatic hydroxyl groups is 2. The fraction of sp³-hybridized carbons (Fsp3) is 0.229. The molecule has 3 heterocycles. The van der Waals surface area contributed by atoms with E-state index in [0.29, 0.717) is 12.8 Å². The molecule has 9 nitrogen and oxygen atoms in total. The van der Waals surface area contributed by atoms with E-state index in [9.17, 15) is 15.0 Å². The lowest BCUT2D eigenvalue weighted by molar-refractivity contribution is -0.0408. The third kappa shape index (κ3) is 5.55. The summed E-state index contributed by atoms with van der Waals surface area (Å²) >= 11 is 0. The van der Waals surface area contributed by atoms with Crippen molar-refractivity contribution in [2.75, 3.05) is 0 Å². The first-order chi connectivity index (χ1) is 21.5. The van der Waals surface area contributed by atoms with Crippen molar-refractivity contribution in [3.8, 4) is 0 Å². The second-order valence-electron chi connectivity index (χ2n) is 11.6. The van der Waals surface area contributed by atoms with Crippen LogP contribution in [0.4, 0.5) is 4.79 Å². The second-order valence-corrected chi connectivity index (χ2v) is 11.6. The van der Waals surface area contributed by atoms with E-state index < -0.39 is 24.3 Å². The molecular formula is C35H34N6O3. The van der Waals surface area contributed by atoms with Gasteiger partial charge in [-0.3, -0.25) is 10.2 Å². The van der Waals surface area contributed by atoms with Gasteiger partial charge in [0.15, 0.2) is 0 Å². The van der Waals surface area contributed by atoms with E-state index >= 15 is 0 Å². The van der Waals surface area contributed by atoms with E-state index in [2.05, 4.69) is 20.4 Å². The molecule has 222 valence electrons. The Morgan fingerprint density at radius 2 is 1.02 bits per heavy atom. The van der Waals surface area contributed by atoms with Gasteiger partial charge in [-0.2, -0.15) is 10.2 Å². The van der Waals surface area contributed by atoms with Crippen LogP contribution in [0.1, 0.15) is 22.3 Å². The quantitative estimate of drug-likeness (QED) is 0.204. The summed E-state index contributed by atoms with van der Waals surface area (Å²) in [6.45, 7) is 0.521. The van der Waals surface area contributed by atoms with E-state index in [4.69, 9.17) is 0 Å². The summed E-state index contributed by atoms with van der Waals surface area (Å²) in [5, 5.41) is 40.0. The number of carbonyl (C=O) groups is 1. The first-order valence-corrected chi connectivity index (χ1v) is 14.9. The van der Waals surface area contributed by atoms with Crippen LogP contribution in [0.5, 0.6) is 0 Å². The molecule has 0 unspecified atom stereocenters. The molecule has 2 aromatic heterocycles. The summed E-state index contributed by atoms with van der Waals surface area (Å²) < 4.78 is 0. The summed E-state index contributed by atoms with van der Waals surface area (Å²) in [5.41, 5.74) is 5.59. The number of benzene rings is 4. The summed E-state index contributed by atoms with van der Waals surface area (Å²) in [7, 11) is 0. The minimum atomic E-state index is -1.19. The third-order valence-electron chi connectivity index (χ3n) is 8.72. The summed E-state index contributed by atoms with van der Waals surface area (Å²) in [5.74, 6) is 0. The summed E-state index contributed by atoms with van der Waals surface area (Å²) in [6.07, 6.45) is 1.94. The number of rotatable bonds is 8. The average molecular weight is 587 g/mol. The maximum atomic E-state index is 14.9. The summed E-state index contributed by atoms with van der Waals surface area (Å²) in [6, 6.07) is 29.9. The van der Waals surface area contributed by atoms with Crippen LogP contribution < -0.4 is 0 Å². The molecule has 0 bridgehead atoms. The minimum absolute atomic E-state index is 0.234. The Kier molecular flexibility index (Phi) is 7.55. The standard InChI is InChI=1S/C35H34N6O3/c42-33-31(17-23-7-3-1-4-8-23)40(21-25-11-13-29-27(15-25)19-36-38-29)35(44)41(22-26-12-14-30-28(16-26)20-37-39-30)32(34(33)43)18-24-9-5-2-6-10-24/h1-16,19-20,31-34,42-43H,17-18,21-22H2,(H,36,38)(H,37,39)/t31-,32-,33+,34+/m1/s1. The number of fused-ring (bicyclic) bond motifs is 2. The zero-order chi connectivity index (χ0) is 30.0. The lowest BCUT2D eigenvalue weighted by Gasteiger charge is -2.36. The van der Waals surface area contributed by atoms with Crippen molar-refractivity contribution in [1.29, 1.82) is 0 Å². The minimum Gasteiger partial charge on any atom is -0.388 e. The number of H-pyrrole nitrogens is 2. The number of nitrogens with zero attached hydrogens (tertiary/aromatic N) is 4. The first kappa shape index (κ1) is 27.8. The largest absolute Gasteiger partial charge is 0.388 e. The van der Waals surface area contributed by atoms with Crippen molar-refractivity contribution in [2.24, 2.45) is 0 Å². The maximum absolute atomic E-state index is 14.9. The molecule has 6 aromatic rings.